The highest BCUT2D eigenvalue weighted by atomic mass is 28.4. The Hall–Kier alpha value is -0.643. The van der Waals surface area contributed by atoms with Crippen molar-refractivity contribution in [3.05, 3.63) is 35.9 Å². The molecule has 2 N–H and O–H groups in total. The smallest absolute Gasteiger partial charge is 0.335 e. The van der Waals surface area contributed by atoms with Crippen molar-refractivity contribution in [3.8, 4) is 0 Å². The second kappa shape index (κ2) is 4.73. The number of hydrogen-bond acceptors (Lipinski definition) is 2. The predicted octanol–water partition coefficient (Wildman–Crippen LogP) is 2.07. The Morgan fingerprint density at radius 3 is 2.21 bits per heavy atom. The van der Waals surface area contributed by atoms with E-state index >= 15 is 0 Å². The van der Waals surface area contributed by atoms with E-state index in [1.54, 1.807) is 0 Å². The van der Waals surface area contributed by atoms with E-state index in [4.69, 9.17) is 0 Å². The van der Waals surface area contributed by atoms with Crippen LogP contribution >= 0.6 is 0 Å². The van der Waals surface area contributed by atoms with Gasteiger partial charge in [-0.15, -0.1) is 0 Å². The van der Waals surface area contributed by atoms with E-state index in [1.807, 2.05) is 44.2 Å². The van der Waals surface area contributed by atoms with Gasteiger partial charge in [-0.2, -0.15) is 0 Å². The van der Waals surface area contributed by atoms with Gasteiger partial charge in [-0.25, -0.2) is 0 Å². The molecule has 3 heteroatoms. The van der Waals surface area contributed by atoms with Crippen LogP contribution in [0.4, 0.5) is 0 Å². The quantitative estimate of drug-likeness (QED) is 0.747. The molecule has 0 spiro atoms. The van der Waals surface area contributed by atoms with Gasteiger partial charge in [0.25, 0.3) is 0 Å². The lowest BCUT2D eigenvalue weighted by Crippen LogP contribution is -2.38. The monoisotopic (exact) mass is 210 g/mol. The summed E-state index contributed by atoms with van der Waals surface area (Å²) in [6.07, 6.45) is 0.762. The zero-order valence-electron chi connectivity index (χ0n) is 8.77. The Labute approximate surface area is 86.5 Å². The Balaban J connectivity index is 2.49. The van der Waals surface area contributed by atoms with Crippen LogP contribution in [0.2, 0.25) is 11.6 Å². The van der Waals surface area contributed by atoms with Crippen LogP contribution in [0.1, 0.15) is 19.4 Å². The molecule has 0 amide bonds. The van der Waals surface area contributed by atoms with Gasteiger partial charge < -0.3 is 9.59 Å². The summed E-state index contributed by atoms with van der Waals surface area (Å²) in [7, 11) is -2.96. The normalized spacial score (nSPS) is 12.1. The molecule has 2 nitrogen and oxygen atoms in total. The fourth-order valence-corrected chi connectivity index (χ4v) is 2.50. The van der Waals surface area contributed by atoms with Crippen LogP contribution in [-0.4, -0.2) is 18.2 Å². The fourth-order valence-electron chi connectivity index (χ4n) is 1.26. The Morgan fingerprint density at radius 1 is 1.14 bits per heavy atom. The molecule has 1 rings (SSSR count). The SMILES string of the molecule is CC(C)[Si](O)(O)CCc1ccccc1. The summed E-state index contributed by atoms with van der Waals surface area (Å²) in [5, 5.41) is 0. The summed E-state index contributed by atoms with van der Waals surface area (Å²) < 4.78 is 0. The molecule has 78 valence electrons. The highest BCUT2D eigenvalue weighted by Crippen LogP contribution is 2.20. The average Bonchev–Trinajstić information content (AvgIpc) is 2.16. The maximum absolute atomic E-state index is 9.75. The van der Waals surface area contributed by atoms with E-state index in [0.717, 1.165) is 6.42 Å². The van der Waals surface area contributed by atoms with Crippen LogP contribution in [0, 0.1) is 0 Å². The molecule has 0 saturated carbocycles. The predicted molar refractivity (Wildman–Crippen MR) is 60.2 cm³/mol. The van der Waals surface area contributed by atoms with Crippen molar-refractivity contribution in [3.63, 3.8) is 0 Å². The van der Waals surface area contributed by atoms with Gasteiger partial charge in [-0.05, 0) is 23.6 Å². The first-order valence-electron chi connectivity index (χ1n) is 5.01. The molecular weight excluding hydrogens is 192 g/mol. The molecule has 14 heavy (non-hydrogen) atoms. The largest absolute Gasteiger partial charge is 0.410 e. The van der Waals surface area contributed by atoms with Gasteiger partial charge >= 0.3 is 8.56 Å². The van der Waals surface area contributed by atoms with E-state index in [0.29, 0.717) is 6.04 Å². The van der Waals surface area contributed by atoms with E-state index in [1.165, 1.54) is 5.56 Å². The van der Waals surface area contributed by atoms with Crippen LogP contribution in [0.15, 0.2) is 30.3 Å². The van der Waals surface area contributed by atoms with Gasteiger partial charge in [0, 0.05) is 0 Å². The summed E-state index contributed by atoms with van der Waals surface area (Å²) in [4.78, 5) is 19.5. The van der Waals surface area contributed by atoms with Crippen molar-refractivity contribution in [1.29, 1.82) is 0 Å². The first-order valence-corrected chi connectivity index (χ1v) is 7.19. The van der Waals surface area contributed by atoms with E-state index in [2.05, 4.69) is 0 Å². The van der Waals surface area contributed by atoms with Crippen LogP contribution in [0.5, 0.6) is 0 Å². The Bertz CT molecular complexity index is 270. The van der Waals surface area contributed by atoms with Crippen molar-refractivity contribution in [1.82, 2.24) is 0 Å². The molecule has 0 fully saturated rings. The van der Waals surface area contributed by atoms with Gasteiger partial charge in [-0.1, -0.05) is 44.2 Å². The topological polar surface area (TPSA) is 40.5 Å². The fraction of sp³-hybridized carbons (Fsp3) is 0.455. The zero-order chi connectivity index (χ0) is 10.6. The molecule has 0 bridgehead atoms. The molecule has 0 unspecified atom stereocenters. The molecule has 0 heterocycles. The van der Waals surface area contributed by atoms with Gasteiger partial charge in [-0.3, -0.25) is 0 Å². The summed E-state index contributed by atoms with van der Waals surface area (Å²) in [5.74, 6) is 0. The minimum absolute atomic E-state index is 0.00575. The van der Waals surface area contributed by atoms with Crippen LogP contribution in [0.3, 0.4) is 0 Å². The highest BCUT2D eigenvalue weighted by molar-refractivity contribution is 6.66. The summed E-state index contributed by atoms with van der Waals surface area (Å²) >= 11 is 0. The van der Waals surface area contributed by atoms with Crippen molar-refractivity contribution in [2.75, 3.05) is 0 Å². The zero-order valence-corrected chi connectivity index (χ0v) is 9.77. The van der Waals surface area contributed by atoms with E-state index in [-0.39, 0.29) is 5.54 Å². The molecule has 0 radical (unpaired) electrons. The second-order valence-corrected chi connectivity index (χ2v) is 7.43. The van der Waals surface area contributed by atoms with Crippen molar-refractivity contribution < 1.29 is 9.59 Å². The lowest BCUT2D eigenvalue weighted by Gasteiger charge is -2.21. The van der Waals surface area contributed by atoms with Crippen molar-refractivity contribution in [2.45, 2.75) is 31.9 Å². The van der Waals surface area contributed by atoms with Gasteiger partial charge in [0.1, 0.15) is 0 Å². The number of benzene rings is 1. The number of hydrogen-bond donors (Lipinski definition) is 2. The first-order chi connectivity index (χ1) is 6.52. The molecule has 0 saturated heterocycles. The molecular formula is C11H18O2Si. The Morgan fingerprint density at radius 2 is 1.71 bits per heavy atom. The third-order valence-corrected chi connectivity index (χ3v) is 5.38. The van der Waals surface area contributed by atoms with Gasteiger partial charge in [0.2, 0.25) is 0 Å². The molecule has 1 aromatic rings. The van der Waals surface area contributed by atoms with Crippen molar-refractivity contribution in [2.24, 2.45) is 0 Å². The molecule has 0 aliphatic heterocycles. The maximum atomic E-state index is 9.75. The standard InChI is InChI=1S/C11H18O2Si/c1-10(2)14(12,13)9-8-11-6-4-3-5-7-11/h3-7,10,12-13H,8-9H2,1-2H3. The number of aryl methyl sites for hydroxylation is 1. The lowest BCUT2D eigenvalue weighted by molar-refractivity contribution is 0.343. The minimum atomic E-state index is -2.96. The number of rotatable bonds is 4. The highest BCUT2D eigenvalue weighted by Gasteiger charge is 2.32. The third-order valence-electron chi connectivity index (χ3n) is 2.55. The lowest BCUT2D eigenvalue weighted by atomic mass is 10.2. The average molecular weight is 210 g/mol. The summed E-state index contributed by atoms with van der Waals surface area (Å²) in [6.45, 7) is 3.74. The maximum Gasteiger partial charge on any atom is 0.335 e. The van der Waals surface area contributed by atoms with E-state index < -0.39 is 8.56 Å². The van der Waals surface area contributed by atoms with Gasteiger partial charge in [0.05, 0.1) is 0 Å². The van der Waals surface area contributed by atoms with Crippen LogP contribution in [0.25, 0.3) is 0 Å². The van der Waals surface area contributed by atoms with Crippen LogP contribution in [-0.2, 0) is 6.42 Å². The molecule has 0 aliphatic rings. The minimum Gasteiger partial charge on any atom is -0.410 e. The summed E-state index contributed by atoms with van der Waals surface area (Å²) in [5.41, 5.74) is 1.18. The first kappa shape index (κ1) is 11.4. The molecule has 0 aromatic heterocycles. The molecule has 0 atom stereocenters. The second-order valence-electron chi connectivity index (χ2n) is 4.02. The van der Waals surface area contributed by atoms with Gasteiger partial charge in [0.15, 0.2) is 0 Å². The molecule has 0 aliphatic carbocycles. The van der Waals surface area contributed by atoms with Crippen molar-refractivity contribution >= 4 is 8.56 Å². The van der Waals surface area contributed by atoms with E-state index in [9.17, 15) is 9.59 Å². The van der Waals surface area contributed by atoms with Crippen LogP contribution < -0.4 is 0 Å². The Kier molecular flexibility index (Phi) is 3.86. The summed E-state index contributed by atoms with van der Waals surface area (Å²) in [6, 6.07) is 10.5. The molecule has 1 aromatic carbocycles. The third kappa shape index (κ3) is 3.25.